The molecular weight excluding hydrogens is 336 g/mol. The Morgan fingerprint density at radius 3 is 2.07 bits per heavy atom. The third-order valence-electron chi connectivity index (χ3n) is 4.59. The van der Waals surface area contributed by atoms with Crippen molar-refractivity contribution < 1.29 is 4.42 Å². The Balaban J connectivity index is 1.76. The number of para-hydroxylation sites is 2. The van der Waals surface area contributed by atoms with E-state index in [2.05, 4.69) is 63.6 Å². The normalized spacial score (nSPS) is 15.0. The van der Waals surface area contributed by atoms with E-state index >= 15 is 0 Å². The van der Waals surface area contributed by atoms with Crippen LogP contribution in [0.1, 0.15) is 5.76 Å². The van der Waals surface area contributed by atoms with Crippen LogP contribution in [0.5, 0.6) is 0 Å². The van der Waals surface area contributed by atoms with Crippen LogP contribution >= 0.6 is 0 Å². The first-order valence-electron chi connectivity index (χ1n) is 9.34. The molecule has 27 heavy (non-hydrogen) atoms. The number of benzene rings is 2. The molecule has 1 saturated heterocycles. The van der Waals surface area contributed by atoms with Crippen molar-refractivity contribution in [2.45, 2.75) is 6.54 Å². The Labute approximate surface area is 159 Å². The van der Waals surface area contributed by atoms with Crippen LogP contribution in [-0.2, 0) is 6.54 Å². The zero-order chi connectivity index (χ0) is 18.3. The van der Waals surface area contributed by atoms with E-state index in [-0.39, 0.29) is 0 Å². The van der Waals surface area contributed by atoms with Gasteiger partial charge < -0.3 is 14.6 Å². The Bertz CT molecular complexity index is 801. The van der Waals surface area contributed by atoms with Crippen LogP contribution in [-0.4, -0.2) is 37.0 Å². The van der Waals surface area contributed by atoms with Crippen molar-refractivity contribution in [3.8, 4) is 0 Å². The molecule has 5 heteroatoms. The van der Waals surface area contributed by atoms with Gasteiger partial charge in [-0.3, -0.25) is 4.90 Å². The maximum absolute atomic E-state index is 5.51. The molecule has 0 radical (unpaired) electrons. The summed E-state index contributed by atoms with van der Waals surface area (Å²) >= 11 is 0. The van der Waals surface area contributed by atoms with Gasteiger partial charge in [0.05, 0.1) is 6.26 Å². The molecule has 0 aliphatic carbocycles. The smallest absolute Gasteiger partial charge is 0.206 e. The third-order valence-corrected chi connectivity index (χ3v) is 4.59. The molecule has 0 amide bonds. The van der Waals surface area contributed by atoms with Crippen LogP contribution in [0.2, 0.25) is 0 Å². The highest BCUT2D eigenvalue weighted by molar-refractivity contribution is 6.02. The largest absolute Gasteiger partial charge is 0.467 e. The first-order chi connectivity index (χ1) is 13.4. The highest BCUT2D eigenvalue weighted by Crippen LogP contribution is 2.27. The monoisotopic (exact) mass is 360 g/mol. The molecule has 4 rings (SSSR count). The number of hydrogen-bond acceptors (Lipinski definition) is 3. The average molecular weight is 360 g/mol. The SMILES string of the molecule is c1ccc(N(C(=NCc2ccco2)N2CCNCC2)c2ccccc2)cc1. The first-order valence-corrected chi connectivity index (χ1v) is 9.34. The zero-order valence-corrected chi connectivity index (χ0v) is 15.3. The predicted octanol–water partition coefficient (Wildman–Crippen LogP) is 3.88. The number of furan rings is 1. The summed E-state index contributed by atoms with van der Waals surface area (Å²) in [4.78, 5) is 9.57. The van der Waals surface area contributed by atoms with Crippen LogP contribution in [0.4, 0.5) is 11.4 Å². The first kappa shape index (κ1) is 17.4. The molecule has 138 valence electrons. The van der Waals surface area contributed by atoms with E-state index in [1.165, 1.54) is 0 Å². The standard InChI is InChI=1S/C22H24N4O/c1-3-8-19(9-4-1)26(20-10-5-2-6-11-20)22(25-15-13-23-14-16-25)24-18-21-12-7-17-27-21/h1-12,17,23H,13-16,18H2. The van der Waals surface area contributed by atoms with E-state index in [4.69, 9.17) is 9.41 Å². The Morgan fingerprint density at radius 2 is 1.52 bits per heavy atom. The summed E-state index contributed by atoms with van der Waals surface area (Å²) in [5, 5.41) is 3.42. The number of guanidine groups is 1. The minimum absolute atomic E-state index is 0.516. The quantitative estimate of drug-likeness (QED) is 0.566. The van der Waals surface area contributed by atoms with E-state index in [0.29, 0.717) is 6.54 Å². The maximum atomic E-state index is 5.51. The molecule has 2 heterocycles. The lowest BCUT2D eigenvalue weighted by Crippen LogP contribution is -2.51. The summed E-state index contributed by atoms with van der Waals surface area (Å²) in [6, 6.07) is 24.7. The summed E-state index contributed by atoms with van der Waals surface area (Å²) < 4.78 is 5.51. The van der Waals surface area contributed by atoms with E-state index < -0.39 is 0 Å². The van der Waals surface area contributed by atoms with Crippen LogP contribution in [0.3, 0.4) is 0 Å². The molecule has 0 saturated carbocycles. The van der Waals surface area contributed by atoms with Gasteiger partial charge in [0.2, 0.25) is 5.96 Å². The predicted molar refractivity (Wildman–Crippen MR) is 109 cm³/mol. The molecule has 0 spiro atoms. The lowest BCUT2D eigenvalue weighted by molar-refractivity contribution is 0.352. The van der Waals surface area contributed by atoms with Gasteiger partial charge in [-0.2, -0.15) is 0 Å². The van der Waals surface area contributed by atoms with E-state index in [1.807, 2.05) is 24.3 Å². The summed E-state index contributed by atoms with van der Waals surface area (Å²) in [5.74, 6) is 1.81. The molecule has 1 fully saturated rings. The molecule has 5 nitrogen and oxygen atoms in total. The lowest BCUT2D eigenvalue weighted by Gasteiger charge is -2.37. The average Bonchev–Trinajstić information content (AvgIpc) is 3.27. The van der Waals surface area contributed by atoms with Gasteiger partial charge >= 0.3 is 0 Å². The molecule has 1 N–H and O–H groups in total. The molecule has 1 aromatic heterocycles. The van der Waals surface area contributed by atoms with Gasteiger partial charge in [-0.05, 0) is 36.4 Å². The number of piperazine rings is 1. The number of hydrogen-bond donors (Lipinski definition) is 1. The third kappa shape index (κ3) is 4.20. The van der Waals surface area contributed by atoms with Crippen LogP contribution in [0.25, 0.3) is 0 Å². The summed E-state index contributed by atoms with van der Waals surface area (Å²) in [6.07, 6.45) is 1.70. The summed E-state index contributed by atoms with van der Waals surface area (Å²) in [7, 11) is 0. The van der Waals surface area contributed by atoms with Crippen LogP contribution < -0.4 is 10.2 Å². The fourth-order valence-corrected chi connectivity index (χ4v) is 3.26. The molecule has 1 aliphatic heterocycles. The second-order valence-electron chi connectivity index (χ2n) is 6.44. The molecular formula is C22H24N4O. The fourth-order valence-electron chi connectivity index (χ4n) is 3.26. The highest BCUT2D eigenvalue weighted by atomic mass is 16.3. The molecule has 0 bridgehead atoms. The Morgan fingerprint density at radius 1 is 0.889 bits per heavy atom. The summed E-state index contributed by atoms with van der Waals surface area (Å²) in [6.45, 7) is 4.27. The number of nitrogens with zero attached hydrogens (tertiary/aromatic N) is 3. The molecule has 2 aromatic carbocycles. The second-order valence-corrected chi connectivity index (χ2v) is 6.44. The lowest BCUT2D eigenvalue weighted by atomic mass is 10.2. The fraction of sp³-hybridized carbons (Fsp3) is 0.227. The maximum Gasteiger partial charge on any atom is 0.206 e. The number of rotatable bonds is 4. The van der Waals surface area contributed by atoms with Gasteiger partial charge in [0.1, 0.15) is 12.3 Å². The molecule has 3 aromatic rings. The molecule has 0 atom stereocenters. The van der Waals surface area contributed by atoms with Crippen molar-refractivity contribution in [2.75, 3.05) is 31.1 Å². The van der Waals surface area contributed by atoms with E-state index in [9.17, 15) is 0 Å². The van der Waals surface area contributed by atoms with Crippen LogP contribution in [0.15, 0.2) is 88.5 Å². The van der Waals surface area contributed by atoms with E-state index in [0.717, 1.165) is 49.3 Å². The topological polar surface area (TPSA) is 44.0 Å². The zero-order valence-electron chi connectivity index (χ0n) is 15.3. The number of anilines is 2. The number of aliphatic imine (C=N–C) groups is 1. The van der Waals surface area contributed by atoms with Crippen molar-refractivity contribution in [2.24, 2.45) is 4.99 Å². The van der Waals surface area contributed by atoms with E-state index in [1.54, 1.807) is 6.26 Å². The minimum atomic E-state index is 0.516. The van der Waals surface area contributed by atoms with Crippen molar-refractivity contribution in [3.05, 3.63) is 84.8 Å². The second kappa shape index (κ2) is 8.56. The Hall–Kier alpha value is -3.05. The molecule has 1 aliphatic rings. The summed E-state index contributed by atoms with van der Waals surface area (Å²) in [5.41, 5.74) is 2.20. The van der Waals surface area contributed by atoms with Crippen molar-refractivity contribution in [1.29, 1.82) is 0 Å². The van der Waals surface area contributed by atoms with Gasteiger partial charge in [-0.25, -0.2) is 4.99 Å². The minimum Gasteiger partial charge on any atom is -0.467 e. The van der Waals surface area contributed by atoms with Crippen molar-refractivity contribution >= 4 is 17.3 Å². The highest BCUT2D eigenvalue weighted by Gasteiger charge is 2.23. The van der Waals surface area contributed by atoms with Crippen LogP contribution in [0, 0.1) is 0 Å². The van der Waals surface area contributed by atoms with Crippen molar-refractivity contribution in [3.63, 3.8) is 0 Å². The molecule has 0 unspecified atom stereocenters. The number of nitrogens with one attached hydrogen (secondary N) is 1. The Kier molecular flexibility index (Phi) is 5.50. The van der Waals surface area contributed by atoms with Gasteiger partial charge in [-0.1, -0.05) is 36.4 Å². The van der Waals surface area contributed by atoms with Crippen molar-refractivity contribution in [1.82, 2.24) is 10.2 Å². The van der Waals surface area contributed by atoms with Gasteiger partial charge in [-0.15, -0.1) is 0 Å². The van der Waals surface area contributed by atoms with Gasteiger partial charge in [0.15, 0.2) is 0 Å². The van der Waals surface area contributed by atoms with Gasteiger partial charge in [0, 0.05) is 37.6 Å². The van der Waals surface area contributed by atoms with Gasteiger partial charge in [0.25, 0.3) is 0 Å².